The Bertz CT molecular complexity index is 696. The molecule has 1 aromatic carbocycles. The van der Waals surface area contributed by atoms with Gasteiger partial charge in [-0.15, -0.1) is 0 Å². The number of nitrogens with zero attached hydrogens (tertiary/aromatic N) is 3. The molecule has 1 saturated carbocycles. The van der Waals surface area contributed by atoms with E-state index in [0.717, 1.165) is 41.6 Å². The number of benzene rings is 1. The van der Waals surface area contributed by atoms with Crippen LogP contribution in [-0.2, 0) is 6.42 Å². The Morgan fingerprint density at radius 3 is 2.69 bits per heavy atom. The highest BCUT2D eigenvalue weighted by Gasteiger charge is 2.46. The van der Waals surface area contributed by atoms with Crippen LogP contribution in [0.15, 0.2) is 23.2 Å². The second-order valence-corrected chi connectivity index (χ2v) is 8.88. The molecule has 0 aromatic heterocycles. The van der Waals surface area contributed by atoms with Gasteiger partial charge in [-0.3, -0.25) is 10.1 Å². The highest BCUT2D eigenvalue weighted by Crippen LogP contribution is 2.45. The Balaban J connectivity index is 1.96. The van der Waals surface area contributed by atoms with E-state index in [2.05, 4.69) is 25.7 Å². The third-order valence-electron chi connectivity index (χ3n) is 5.36. The number of amidine groups is 1. The van der Waals surface area contributed by atoms with Crippen molar-refractivity contribution in [3.05, 3.63) is 33.9 Å². The Labute approximate surface area is 160 Å². The second-order valence-electron chi connectivity index (χ2n) is 7.94. The van der Waals surface area contributed by atoms with Crippen molar-refractivity contribution in [2.24, 2.45) is 10.9 Å². The summed E-state index contributed by atoms with van der Waals surface area (Å²) in [5.74, 6) is 1.71. The number of nitro benzene ring substituents is 1. The zero-order chi connectivity index (χ0) is 18.7. The molecule has 0 bridgehead atoms. The van der Waals surface area contributed by atoms with Gasteiger partial charge in [-0.25, -0.2) is 4.99 Å². The molecule has 0 unspecified atom stereocenters. The lowest BCUT2D eigenvalue weighted by Crippen LogP contribution is -2.46. The third-order valence-corrected chi connectivity index (χ3v) is 6.62. The zero-order valence-electron chi connectivity index (χ0n) is 16.0. The van der Waals surface area contributed by atoms with Crippen molar-refractivity contribution in [1.29, 1.82) is 0 Å². The standard InChI is InChI=1S/C20H29N3O2S/c1-4-7-16-12-17(23(24)25)8-9-18(16)21-19-22(13-15(2)3)20(14-26-19)10-5-6-11-20/h8-9,12,15H,4-7,10-11,13-14H2,1-3H3. The smallest absolute Gasteiger partial charge is 0.269 e. The minimum absolute atomic E-state index is 0.155. The molecule has 142 valence electrons. The van der Waals surface area contributed by atoms with Gasteiger partial charge < -0.3 is 4.90 Å². The Morgan fingerprint density at radius 1 is 1.35 bits per heavy atom. The lowest BCUT2D eigenvalue weighted by molar-refractivity contribution is -0.384. The van der Waals surface area contributed by atoms with Crippen LogP contribution >= 0.6 is 11.8 Å². The van der Waals surface area contributed by atoms with Crippen molar-refractivity contribution in [3.63, 3.8) is 0 Å². The van der Waals surface area contributed by atoms with Crippen molar-refractivity contribution in [2.75, 3.05) is 12.3 Å². The maximum atomic E-state index is 11.1. The summed E-state index contributed by atoms with van der Waals surface area (Å²) >= 11 is 1.86. The normalized spacial score (nSPS) is 20.6. The summed E-state index contributed by atoms with van der Waals surface area (Å²) in [5, 5.41) is 12.2. The molecule has 0 amide bonds. The van der Waals surface area contributed by atoms with Crippen LogP contribution in [0, 0.1) is 16.0 Å². The SMILES string of the molecule is CCCc1cc([N+](=O)[O-])ccc1N=C1SCC2(CCCC2)N1CC(C)C. The van der Waals surface area contributed by atoms with Crippen molar-refractivity contribution >= 4 is 28.3 Å². The van der Waals surface area contributed by atoms with Crippen molar-refractivity contribution in [3.8, 4) is 0 Å². The van der Waals surface area contributed by atoms with E-state index in [0.29, 0.717) is 5.92 Å². The van der Waals surface area contributed by atoms with E-state index in [1.54, 1.807) is 12.1 Å². The molecule has 0 atom stereocenters. The number of nitro groups is 1. The lowest BCUT2D eigenvalue weighted by atomic mass is 9.97. The fourth-order valence-electron chi connectivity index (χ4n) is 4.10. The summed E-state index contributed by atoms with van der Waals surface area (Å²) in [6, 6.07) is 5.10. The maximum absolute atomic E-state index is 11.1. The molecule has 3 rings (SSSR count). The number of rotatable bonds is 6. The van der Waals surface area contributed by atoms with Gasteiger partial charge in [-0.1, -0.05) is 51.8 Å². The molecule has 1 aliphatic heterocycles. The quantitative estimate of drug-likeness (QED) is 0.483. The minimum atomic E-state index is -0.320. The molecule has 0 N–H and O–H groups in total. The third kappa shape index (κ3) is 3.90. The summed E-state index contributed by atoms with van der Waals surface area (Å²) in [6.45, 7) is 7.65. The van der Waals surface area contributed by atoms with Gasteiger partial charge in [0.05, 0.1) is 16.1 Å². The number of hydrogen-bond acceptors (Lipinski definition) is 4. The first kappa shape index (κ1) is 19.2. The monoisotopic (exact) mass is 375 g/mol. The summed E-state index contributed by atoms with van der Waals surface area (Å²) in [7, 11) is 0. The van der Waals surface area contributed by atoms with Crippen LogP contribution in [-0.4, -0.2) is 32.8 Å². The average molecular weight is 376 g/mol. The molecule has 26 heavy (non-hydrogen) atoms. The first-order chi connectivity index (χ1) is 12.4. The van der Waals surface area contributed by atoms with Crippen molar-refractivity contribution in [2.45, 2.75) is 64.8 Å². The maximum Gasteiger partial charge on any atom is 0.269 e. The van der Waals surface area contributed by atoms with Gasteiger partial charge in [0.25, 0.3) is 5.69 Å². The number of aliphatic imine (C=N–C) groups is 1. The summed E-state index contributed by atoms with van der Waals surface area (Å²) < 4.78 is 0. The van der Waals surface area contributed by atoms with Gasteiger partial charge in [0.2, 0.25) is 0 Å². The molecule has 1 spiro atoms. The van der Waals surface area contributed by atoms with Crippen LogP contribution in [0.4, 0.5) is 11.4 Å². The summed E-state index contributed by atoms with van der Waals surface area (Å²) in [6.07, 6.45) is 6.89. The van der Waals surface area contributed by atoms with Crippen LogP contribution in [0.5, 0.6) is 0 Å². The Kier molecular flexibility index (Phi) is 5.90. The molecular weight excluding hydrogens is 346 g/mol. The number of non-ortho nitro benzene ring substituents is 1. The van der Waals surface area contributed by atoms with Crippen LogP contribution in [0.1, 0.15) is 58.4 Å². The number of thioether (sulfide) groups is 1. The van der Waals surface area contributed by atoms with E-state index in [-0.39, 0.29) is 16.1 Å². The number of aryl methyl sites for hydroxylation is 1. The fraction of sp³-hybridized carbons (Fsp3) is 0.650. The Hall–Kier alpha value is -1.56. The molecule has 1 heterocycles. The molecule has 0 radical (unpaired) electrons. The minimum Gasteiger partial charge on any atom is -0.344 e. The molecule has 1 saturated heterocycles. The van der Waals surface area contributed by atoms with Crippen molar-refractivity contribution < 1.29 is 4.92 Å². The highest BCUT2D eigenvalue weighted by atomic mass is 32.2. The zero-order valence-corrected chi connectivity index (χ0v) is 16.8. The molecule has 1 aliphatic carbocycles. The van der Waals surface area contributed by atoms with Gasteiger partial charge in [-0.2, -0.15) is 0 Å². The van der Waals surface area contributed by atoms with Crippen LogP contribution in [0.2, 0.25) is 0 Å². The largest absolute Gasteiger partial charge is 0.344 e. The van der Waals surface area contributed by atoms with E-state index in [1.807, 2.05) is 17.8 Å². The van der Waals surface area contributed by atoms with Gasteiger partial charge in [0, 0.05) is 24.4 Å². The van der Waals surface area contributed by atoms with Gasteiger partial charge in [0.1, 0.15) is 0 Å². The molecular formula is C20H29N3O2S. The molecule has 1 aromatic rings. The summed E-state index contributed by atoms with van der Waals surface area (Å²) in [4.78, 5) is 18.4. The first-order valence-electron chi connectivity index (χ1n) is 9.71. The van der Waals surface area contributed by atoms with Crippen LogP contribution < -0.4 is 0 Å². The predicted octanol–water partition coefficient (Wildman–Crippen LogP) is 5.55. The second kappa shape index (κ2) is 7.99. The Morgan fingerprint density at radius 2 is 2.08 bits per heavy atom. The average Bonchev–Trinajstić information content (AvgIpc) is 3.19. The van der Waals surface area contributed by atoms with Gasteiger partial charge >= 0.3 is 0 Å². The highest BCUT2D eigenvalue weighted by molar-refractivity contribution is 8.14. The summed E-state index contributed by atoms with van der Waals surface area (Å²) in [5.41, 5.74) is 2.30. The molecule has 6 heteroatoms. The van der Waals surface area contributed by atoms with E-state index in [1.165, 1.54) is 25.7 Å². The molecule has 2 aliphatic rings. The first-order valence-corrected chi connectivity index (χ1v) is 10.7. The van der Waals surface area contributed by atoms with Gasteiger partial charge in [0.15, 0.2) is 5.17 Å². The van der Waals surface area contributed by atoms with Gasteiger partial charge in [-0.05, 0) is 36.8 Å². The number of hydrogen-bond donors (Lipinski definition) is 0. The van der Waals surface area contributed by atoms with E-state index >= 15 is 0 Å². The molecule has 2 fully saturated rings. The van der Waals surface area contributed by atoms with E-state index < -0.39 is 0 Å². The van der Waals surface area contributed by atoms with E-state index in [4.69, 9.17) is 4.99 Å². The predicted molar refractivity (Wildman–Crippen MR) is 109 cm³/mol. The lowest BCUT2D eigenvalue weighted by Gasteiger charge is -2.37. The topological polar surface area (TPSA) is 58.7 Å². The molecule has 5 nitrogen and oxygen atoms in total. The van der Waals surface area contributed by atoms with Crippen molar-refractivity contribution in [1.82, 2.24) is 4.90 Å². The van der Waals surface area contributed by atoms with E-state index in [9.17, 15) is 10.1 Å². The fourth-order valence-corrected chi connectivity index (χ4v) is 5.53. The van der Waals surface area contributed by atoms with Crippen LogP contribution in [0.3, 0.4) is 0 Å². The van der Waals surface area contributed by atoms with Crippen LogP contribution in [0.25, 0.3) is 0 Å².